The first-order chi connectivity index (χ1) is 6.74. The summed E-state index contributed by atoms with van der Waals surface area (Å²) in [6.45, 7) is 4.01. The number of hydrogen-bond acceptors (Lipinski definition) is 2. The Labute approximate surface area is 86.6 Å². The van der Waals surface area contributed by atoms with Gasteiger partial charge >= 0.3 is 0 Å². The first-order valence-electron chi connectivity index (χ1n) is 5.65. The zero-order valence-corrected chi connectivity index (χ0v) is 9.31. The zero-order chi connectivity index (χ0) is 10.4. The molecule has 0 bridgehead atoms. The number of nitrogens with one attached hydrogen (secondary N) is 2. The van der Waals surface area contributed by atoms with E-state index in [0.717, 1.165) is 25.4 Å². The van der Waals surface area contributed by atoms with Gasteiger partial charge in [-0.25, -0.2) is 0 Å². The third kappa shape index (κ3) is 4.61. The van der Waals surface area contributed by atoms with E-state index in [-0.39, 0.29) is 5.91 Å². The van der Waals surface area contributed by atoms with Gasteiger partial charge in [-0.2, -0.15) is 0 Å². The molecule has 82 valence electrons. The summed E-state index contributed by atoms with van der Waals surface area (Å²) in [5.74, 6) is 1.75. The van der Waals surface area contributed by atoms with E-state index in [9.17, 15) is 4.79 Å². The van der Waals surface area contributed by atoms with Crippen LogP contribution in [0.15, 0.2) is 0 Å². The predicted octanol–water partition coefficient (Wildman–Crippen LogP) is 1.15. The fourth-order valence-electron chi connectivity index (χ4n) is 1.62. The molecule has 3 nitrogen and oxygen atoms in total. The SMILES string of the molecule is CNCCCC(=O)NCC(C)C1CC1. The van der Waals surface area contributed by atoms with E-state index >= 15 is 0 Å². The van der Waals surface area contributed by atoms with Crippen LogP contribution in [0.3, 0.4) is 0 Å². The Bertz CT molecular complexity index is 178. The molecule has 1 aliphatic carbocycles. The van der Waals surface area contributed by atoms with Gasteiger partial charge in [-0.3, -0.25) is 4.79 Å². The van der Waals surface area contributed by atoms with Gasteiger partial charge in [0.05, 0.1) is 0 Å². The van der Waals surface area contributed by atoms with Crippen LogP contribution in [0, 0.1) is 11.8 Å². The van der Waals surface area contributed by atoms with Crippen LogP contribution in [0.4, 0.5) is 0 Å². The van der Waals surface area contributed by atoms with E-state index in [1.807, 2.05) is 7.05 Å². The highest BCUT2D eigenvalue weighted by Gasteiger charge is 2.27. The van der Waals surface area contributed by atoms with Gasteiger partial charge in [-0.05, 0) is 44.7 Å². The number of carbonyl (C=O) groups excluding carboxylic acids is 1. The Morgan fingerprint density at radius 3 is 2.79 bits per heavy atom. The summed E-state index contributed by atoms with van der Waals surface area (Å²) in [7, 11) is 1.91. The van der Waals surface area contributed by atoms with Gasteiger partial charge in [-0.1, -0.05) is 6.92 Å². The molecule has 2 N–H and O–H groups in total. The van der Waals surface area contributed by atoms with Crippen LogP contribution < -0.4 is 10.6 Å². The standard InChI is InChI=1S/C11H22N2O/c1-9(10-5-6-10)8-13-11(14)4-3-7-12-2/h9-10,12H,3-8H2,1-2H3,(H,13,14). The Morgan fingerprint density at radius 1 is 1.50 bits per heavy atom. The lowest BCUT2D eigenvalue weighted by atomic mass is 10.1. The molecule has 3 heteroatoms. The molecule has 14 heavy (non-hydrogen) atoms. The molecule has 1 fully saturated rings. The quantitative estimate of drug-likeness (QED) is 0.602. The van der Waals surface area contributed by atoms with Crippen molar-refractivity contribution in [2.24, 2.45) is 11.8 Å². The van der Waals surface area contributed by atoms with Crippen LogP contribution in [0.5, 0.6) is 0 Å². The normalized spacial score (nSPS) is 17.9. The highest BCUT2D eigenvalue weighted by molar-refractivity contribution is 5.75. The third-order valence-electron chi connectivity index (χ3n) is 2.88. The van der Waals surface area contributed by atoms with Gasteiger partial charge in [0.25, 0.3) is 0 Å². The first-order valence-corrected chi connectivity index (χ1v) is 5.65. The van der Waals surface area contributed by atoms with Crippen molar-refractivity contribution in [2.45, 2.75) is 32.6 Å². The Morgan fingerprint density at radius 2 is 2.21 bits per heavy atom. The molecule has 0 aromatic carbocycles. The number of hydrogen-bond donors (Lipinski definition) is 2. The fraction of sp³-hybridized carbons (Fsp3) is 0.909. The average Bonchev–Trinajstić information content (AvgIpc) is 2.98. The maximum absolute atomic E-state index is 11.3. The number of amides is 1. The monoisotopic (exact) mass is 198 g/mol. The molecule has 0 saturated heterocycles. The second-order valence-electron chi connectivity index (χ2n) is 4.33. The minimum absolute atomic E-state index is 0.202. The van der Waals surface area contributed by atoms with Crippen molar-refractivity contribution in [3.05, 3.63) is 0 Å². The molecule has 0 aliphatic heterocycles. The van der Waals surface area contributed by atoms with Crippen LogP contribution in [0.2, 0.25) is 0 Å². The lowest BCUT2D eigenvalue weighted by Crippen LogP contribution is -2.29. The second kappa shape index (κ2) is 6.02. The maximum atomic E-state index is 11.3. The summed E-state index contributed by atoms with van der Waals surface area (Å²) in [6.07, 6.45) is 4.30. The average molecular weight is 198 g/mol. The summed E-state index contributed by atoms with van der Waals surface area (Å²) in [6, 6.07) is 0. The first kappa shape index (κ1) is 11.5. The Hall–Kier alpha value is -0.570. The highest BCUT2D eigenvalue weighted by atomic mass is 16.1. The van der Waals surface area contributed by atoms with E-state index in [0.29, 0.717) is 12.3 Å². The fourth-order valence-corrected chi connectivity index (χ4v) is 1.62. The van der Waals surface area contributed by atoms with Crippen LogP contribution in [-0.4, -0.2) is 26.0 Å². The predicted molar refractivity (Wildman–Crippen MR) is 58.1 cm³/mol. The van der Waals surface area contributed by atoms with E-state index in [1.165, 1.54) is 12.8 Å². The second-order valence-corrected chi connectivity index (χ2v) is 4.33. The molecule has 0 heterocycles. The zero-order valence-electron chi connectivity index (χ0n) is 9.31. The van der Waals surface area contributed by atoms with Gasteiger partial charge in [-0.15, -0.1) is 0 Å². The number of rotatable bonds is 7. The molecule has 0 spiro atoms. The van der Waals surface area contributed by atoms with E-state index in [1.54, 1.807) is 0 Å². The van der Waals surface area contributed by atoms with Crippen LogP contribution >= 0.6 is 0 Å². The molecule has 1 rings (SSSR count). The minimum atomic E-state index is 0.202. The molecule has 1 unspecified atom stereocenters. The summed E-state index contributed by atoms with van der Waals surface area (Å²) in [5.41, 5.74) is 0. The molecule has 0 aromatic rings. The lowest BCUT2D eigenvalue weighted by molar-refractivity contribution is -0.121. The summed E-state index contributed by atoms with van der Waals surface area (Å²) in [4.78, 5) is 11.3. The molecular formula is C11H22N2O. The molecule has 0 radical (unpaired) electrons. The molecule has 0 aromatic heterocycles. The van der Waals surface area contributed by atoms with Crippen LogP contribution in [0.25, 0.3) is 0 Å². The summed E-state index contributed by atoms with van der Waals surface area (Å²) in [5, 5.41) is 6.03. The number of carbonyl (C=O) groups is 1. The maximum Gasteiger partial charge on any atom is 0.220 e. The third-order valence-corrected chi connectivity index (χ3v) is 2.88. The van der Waals surface area contributed by atoms with E-state index < -0.39 is 0 Å². The van der Waals surface area contributed by atoms with Gasteiger partial charge < -0.3 is 10.6 Å². The van der Waals surface area contributed by atoms with E-state index in [4.69, 9.17) is 0 Å². The van der Waals surface area contributed by atoms with Gasteiger partial charge in [0, 0.05) is 13.0 Å². The summed E-state index contributed by atoms with van der Waals surface area (Å²) < 4.78 is 0. The molecular weight excluding hydrogens is 176 g/mol. The topological polar surface area (TPSA) is 41.1 Å². The van der Waals surface area contributed by atoms with Crippen LogP contribution in [-0.2, 0) is 4.79 Å². The van der Waals surface area contributed by atoms with Crippen molar-refractivity contribution in [3.8, 4) is 0 Å². The molecule has 1 atom stereocenters. The molecule has 1 saturated carbocycles. The smallest absolute Gasteiger partial charge is 0.220 e. The Balaban J connectivity index is 1.96. The van der Waals surface area contributed by atoms with Crippen molar-refractivity contribution in [1.82, 2.24) is 10.6 Å². The van der Waals surface area contributed by atoms with Crippen molar-refractivity contribution in [2.75, 3.05) is 20.1 Å². The molecule has 1 amide bonds. The van der Waals surface area contributed by atoms with Crippen molar-refractivity contribution in [3.63, 3.8) is 0 Å². The van der Waals surface area contributed by atoms with Crippen molar-refractivity contribution >= 4 is 5.91 Å². The van der Waals surface area contributed by atoms with E-state index in [2.05, 4.69) is 17.6 Å². The Kier molecular flexibility index (Phi) is 4.94. The van der Waals surface area contributed by atoms with Gasteiger partial charge in [0.1, 0.15) is 0 Å². The van der Waals surface area contributed by atoms with Gasteiger partial charge in [0.15, 0.2) is 0 Å². The van der Waals surface area contributed by atoms with Gasteiger partial charge in [0.2, 0.25) is 5.91 Å². The largest absolute Gasteiger partial charge is 0.356 e. The van der Waals surface area contributed by atoms with Crippen molar-refractivity contribution in [1.29, 1.82) is 0 Å². The van der Waals surface area contributed by atoms with Crippen LogP contribution in [0.1, 0.15) is 32.6 Å². The lowest BCUT2D eigenvalue weighted by Gasteiger charge is -2.11. The summed E-state index contributed by atoms with van der Waals surface area (Å²) >= 11 is 0. The molecule has 1 aliphatic rings. The minimum Gasteiger partial charge on any atom is -0.356 e. The van der Waals surface area contributed by atoms with Crippen molar-refractivity contribution < 1.29 is 4.79 Å². The highest BCUT2D eigenvalue weighted by Crippen LogP contribution is 2.35.